The number of aliphatic carboxylic acids is 1. The van der Waals surface area contributed by atoms with Gasteiger partial charge in [-0.2, -0.15) is 0 Å². The van der Waals surface area contributed by atoms with Crippen LogP contribution in [0.25, 0.3) is 0 Å². The fourth-order valence-corrected chi connectivity index (χ4v) is 1.67. The lowest BCUT2D eigenvalue weighted by atomic mass is 10.2. The fourth-order valence-electron chi connectivity index (χ4n) is 1.67. The van der Waals surface area contributed by atoms with Gasteiger partial charge in [-0.05, 0) is 24.6 Å². The van der Waals surface area contributed by atoms with E-state index in [1.807, 2.05) is 6.92 Å². The van der Waals surface area contributed by atoms with E-state index in [4.69, 9.17) is 9.84 Å². The number of carbonyl (C=O) groups is 2. The van der Waals surface area contributed by atoms with Gasteiger partial charge in [0.1, 0.15) is 12.4 Å². The Bertz CT molecular complexity index is 447. The van der Waals surface area contributed by atoms with Crippen LogP contribution in [0.1, 0.15) is 18.9 Å². The number of nitrogens with zero attached hydrogens (tertiary/aromatic N) is 1. The van der Waals surface area contributed by atoms with Gasteiger partial charge < -0.3 is 14.7 Å². The summed E-state index contributed by atoms with van der Waals surface area (Å²) in [5, 5.41) is 8.84. The second-order valence-corrected chi connectivity index (χ2v) is 4.22. The Kier molecular flexibility index (Phi) is 6.66. The van der Waals surface area contributed by atoms with E-state index in [0.717, 1.165) is 0 Å². The van der Waals surface area contributed by atoms with Crippen molar-refractivity contribution in [3.63, 3.8) is 0 Å². The molecule has 1 rings (SSSR count). The first-order chi connectivity index (χ1) is 9.52. The van der Waals surface area contributed by atoms with Crippen molar-refractivity contribution < 1.29 is 23.8 Å². The van der Waals surface area contributed by atoms with Gasteiger partial charge in [-0.1, -0.05) is 12.1 Å². The molecule has 0 bridgehead atoms. The molecular formula is C14H18FNO4. The molecule has 0 aliphatic rings. The minimum absolute atomic E-state index is 0.127. The van der Waals surface area contributed by atoms with Crippen LogP contribution in [0.15, 0.2) is 24.3 Å². The summed E-state index contributed by atoms with van der Waals surface area (Å²) in [7, 11) is 0. The highest BCUT2D eigenvalue weighted by Crippen LogP contribution is 2.08. The largest absolute Gasteiger partial charge is 0.480 e. The average molecular weight is 283 g/mol. The van der Waals surface area contributed by atoms with Crippen molar-refractivity contribution in [2.45, 2.75) is 19.9 Å². The summed E-state index contributed by atoms with van der Waals surface area (Å²) in [4.78, 5) is 24.0. The molecule has 1 aromatic carbocycles. The first kappa shape index (κ1) is 16.1. The summed E-state index contributed by atoms with van der Waals surface area (Å²) in [5.41, 5.74) is 0.678. The van der Waals surface area contributed by atoms with Gasteiger partial charge in [0.25, 0.3) is 0 Å². The molecule has 1 N–H and O–H groups in total. The molecule has 0 aliphatic carbocycles. The molecule has 0 aliphatic heterocycles. The third-order valence-electron chi connectivity index (χ3n) is 2.63. The number of halogens is 1. The number of hydrogen-bond acceptors (Lipinski definition) is 3. The normalized spacial score (nSPS) is 10.3. The van der Waals surface area contributed by atoms with Crippen molar-refractivity contribution in [1.82, 2.24) is 4.90 Å². The van der Waals surface area contributed by atoms with E-state index in [1.54, 1.807) is 0 Å². The van der Waals surface area contributed by atoms with Gasteiger partial charge in [-0.3, -0.25) is 9.59 Å². The predicted molar refractivity (Wildman–Crippen MR) is 70.6 cm³/mol. The van der Waals surface area contributed by atoms with Crippen molar-refractivity contribution in [2.24, 2.45) is 0 Å². The highest BCUT2D eigenvalue weighted by atomic mass is 19.1. The van der Waals surface area contributed by atoms with Crippen molar-refractivity contribution in [3.05, 3.63) is 35.6 Å². The van der Waals surface area contributed by atoms with Crippen molar-refractivity contribution in [2.75, 3.05) is 19.8 Å². The molecule has 0 heterocycles. The van der Waals surface area contributed by atoms with E-state index in [0.29, 0.717) is 12.2 Å². The maximum Gasteiger partial charge on any atom is 0.323 e. The van der Waals surface area contributed by atoms with Crippen LogP contribution in [0.4, 0.5) is 4.39 Å². The molecule has 20 heavy (non-hydrogen) atoms. The molecule has 1 amide bonds. The van der Waals surface area contributed by atoms with E-state index in [9.17, 15) is 14.0 Å². The van der Waals surface area contributed by atoms with Crippen LogP contribution in [0.5, 0.6) is 0 Å². The first-order valence-corrected chi connectivity index (χ1v) is 6.34. The number of amides is 1. The van der Waals surface area contributed by atoms with Gasteiger partial charge in [0.15, 0.2) is 0 Å². The van der Waals surface area contributed by atoms with E-state index >= 15 is 0 Å². The van der Waals surface area contributed by atoms with Crippen LogP contribution in [0, 0.1) is 5.82 Å². The third kappa shape index (κ3) is 5.79. The molecule has 6 heteroatoms. The number of carboxylic acids is 1. The summed E-state index contributed by atoms with van der Waals surface area (Å²) >= 11 is 0. The number of carboxylic acid groups (broad SMARTS) is 1. The highest BCUT2D eigenvalue weighted by molar-refractivity contribution is 5.81. The smallest absolute Gasteiger partial charge is 0.323 e. The number of carbonyl (C=O) groups excluding carboxylic acids is 1. The van der Waals surface area contributed by atoms with Crippen LogP contribution in [-0.4, -0.2) is 41.6 Å². The first-order valence-electron chi connectivity index (χ1n) is 6.34. The van der Waals surface area contributed by atoms with E-state index in [1.165, 1.54) is 29.2 Å². The third-order valence-corrected chi connectivity index (χ3v) is 2.63. The minimum Gasteiger partial charge on any atom is -0.480 e. The van der Waals surface area contributed by atoms with Crippen molar-refractivity contribution >= 4 is 11.9 Å². The average Bonchev–Trinajstić information content (AvgIpc) is 2.40. The van der Waals surface area contributed by atoms with Crippen molar-refractivity contribution in [3.8, 4) is 0 Å². The Morgan fingerprint density at radius 2 is 1.95 bits per heavy atom. The summed E-state index contributed by atoms with van der Waals surface area (Å²) in [6.07, 6.45) is 0.127. The van der Waals surface area contributed by atoms with Crippen LogP contribution >= 0.6 is 0 Å². The molecular weight excluding hydrogens is 265 g/mol. The maximum atomic E-state index is 12.8. The van der Waals surface area contributed by atoms with Crippen LogP contribution in [-0.2, 0) is 20.9 Å². The summed E-state index contributed by atoms with van der Waals surface area (Å²) in [6, 6.07) is 5.61. The standard InChI is InChI=1S/C14H18FNO4/c1-2-20-8-7-13(17)16(10-14(18)19)9-11-3-5-12(15)6-4-11/h3-6H,2,7-10H2,1H3,(H,18,19). The van der Waals surface area contributed by atoms with Gasteiger partial charge in [0.2, 0.25) is 5.91 Å². The zero-order chi connectivity index (χ0) is 15.0. The van der Waals surface area contributed by atoms with Crippen LogP contribution in [0.2, 0.25) is 0 Å². The van der Waals surface area contributed by atoms with Gasteiger partial charge in [0, 0.05) is 13.2 Å². The highest BCUT2D eigenvalue weighted by Gasteiger charge is 2.16. The topological polar surface area (TPSA) is 66.8 Å². The molecule has 0 saturated carbocycles. The molecule has 0 aromatic heterocycles. The minimum atomic E-state index is -1.09. The lowest BCUT2D eigenvalue weighted by Crippen LogP contribution is -2.35. The predicted octanol–water partition coefficient (Wildman–Crippen LogP) is 1.67. The monoisotopic (exact) mass is 283 g/mol. The molecule has 1 aromatic rings. The summed E-state index contributed by atoms with van der Waals surface area (Å²) in [6.45, 7) is 2.33. The van der Waals surface area contributed by atoms with E-state index < -0.39 is 5.97 Å². The summed E-state index contributed by atoms with van der Waals surface area (Å²) < 4.78 is 17.9. The Morgan fingerprint density at radius 1 is 1.30 bits per heavy atom. The number of rotatable bonds is 8. The Hall–Kier alpha value is -1.95. The van der Waals surface area contributed by atoms with Crippen LogP contribution in [0.3, 0.4) is 0 Å². The SMILES string of the molecule is CCOCCC(=O)N(CC(=O)O)Cc1ccc(F)cc1. The van der Waals surface area contributed by atoms with Crippen LogP contribution < -0.4 is 0 Å². The Balaban J connectivity index is 2.65. The van der Waals surface area contributed by atoms with Gasteiger partial charge >= 0.3 is 5.97 Å². The maximum absolute atomic E-state index is 12.8. The van der Waals surface area contributed by atoms with E-state index in [2.05, 4.69) is 0 Å². The molecule has 0 saturated heterocycles. The Morgan fingerprint density at radius 3 is 2.50 bits per heavy atom. The molecule has 5 nitrogen and oxygen atoms in total. The van der Waals surface area contributed by atoms with Gasteiger partial charge in [-0.15, -0.1) is 0 Å². The van der Waals surface area contributed by atoms with Gasteiger partial charge in [-0.25, -0.2) is 4.39 Å². The quantitative estimate of drug-likeness (QED) is 0.737. The second kappa shape index (κ2) is 8.27. The number of benzene rings is 1. The lowest BCUT2D eigenvalue weighted by Gasteiger charge is -2.20. The molecule has 0 atom stereocenters. The lowest BCUT2D eigenvalue weighted by molar-refractivity contribution is -0.145. The molecule has 0 fully saturated rings. The fraction of sp³-hybridized carbons (Fsp3) is 0.429. The zero-order valence-corrected chi connectivity index (χ0v) is 11.3. The number of ether oxygens (including phenoxy) is 1. The second-order valence-electron chi connectivity index (χ2n) is 4.22. The summed E-state index contributed by atoms with van der Waals surface area (Å²) in [5.74, 6) is -1.76. The molecule has 0 unspecified atom stereocenters. The van der Waals surface area contributed by atoms with Gasteiger partial charge in [0.05, 0.1) is 13.0 Å². The zero-order valence-electron chi connectivity index (χ0n) is 11.3. The van der Waals surface area contributed by atoms with Crippen molar-refractivity contribution in [1.29, 1.82) is 0 Å². The number of hydrogen-bond donors (Lipinski definition) is 1. The molecule has 110 valence electrons. The molecule has 0 radical (unpaired) electrons. The Labute approximate surface area is 117 Å². The van der Waals surface area contributed by atoms with E-state index in [-0.39, 0.29) is 37.8 Å². The molecule has 0 spiro atoms.